The van der Waals surface area contributed by atoms with Gasteiger partial charge in [-0.15, -0.1) is 0 Å². The van der Waals surface area contributed by atoms with E-state index in [0.29, 0.717) is 25.2 Å². The minimum Gasteiger partial charge on any atom is -0.336 e. The van der Waals surface area contributed by atoms with Gasteiger partial charge >= 0.3 is 0 Å². The van der Waals surface area contributed by atoms with Crippen LogP contribution in [-0.4, -0.2) is 57.3 Å². The fraction of sp³-hybridized carbons (Fsp3) is 0.250. The number of piperazine rings is 1. The van der Waals surface area contributed by atoms with E-state index in [-0.39, 0.29) is 11.8 Å². The van der Waals surface area contributed by atoms with Gasteiger partial charge in [0.15, 0.2) is 0 Å². The average molecular weight is 468 g/mol. The molecular formula is C28H29N5O2. The first-order valence-corrected chi connectivity index (χ1v) is 11.9. The zero-order chi connectivity index (χ0) is 24.4. The summed E-state index contributed by atoms with van der Waals surface area (Å²) < 4.78 is 2.10. The lowest BCUT2D eigenvalue weighted by Gasteiger charge is -2.34. The molecular weight excluding hydrogens is 438 g/mol. The Bertz CT molecular complexity index is 1350. The summed E-state index contributed by atoms with van der Waals surface area (Å²) in [4.78, 5) is 34.4. The van der Waals surface area contributed by atoms with Crippen LogP contribution in [0.4, 0.5) is 5.69 Å². The number of carbonyl (C=O) groups is 2. The van der Waals surface area contributed by atoms with E-state index in [1.165, 1.54) is 0 Å². The van der Waals surface area contributed by atoms with Crippen molar-refractivity contribution in [2.45, 2.75) is 13.5 Å². The molecule has 1 N–H and O–H groups in total. The van der Waals surface area contributed by atoms with Crippen LogP contribution in [-0.2, 0) is 13.6 Å². The molecule has 2 amide bonds. The number of aromatic nitrogens is 2. The Balaban J connectivity index is 1.23. The van der Waals surface area contributed by atoms with Gasteiger partial charge in [-0.3, -0.25) is 14.5 Å². The van der Waals surface area contributed by atoms with Gasteiger partial charge in [-0.1, -0.05) is 35.9 Å². The number of hydrogen-bond acceptors (Lipinski definition) is 4. The van der Waals surface area contributed by atoms with E-state index < -0.39 is 0 Å². The molecule has 5 rings (SSSR count). The molecule has 0 unspecified atom stereocenters. The van der Waals surface area contributed by atoms with Crippen LogP contribution in [0.5, 0.6) is 0 Å². The van der Waals surface area contributed by atoms with Crippen LogP contribution in [0.1, 0.15) is 32.1 Å². The molecule has 0 bridgehead atoms. The minimum atomic E-state index is -0.136. The third-order valence-electron chi connectivity index (χ3n) is 6.59. The van der Waals surface area contributed by atoms with E-state index in [9.17, 15) is 9.59 Å². The lowest BCUT2D eigenvalue weighted by Crippen LogP contribution is -2.48. The molecule has 1 aliphatic heterocycles. The third kappa shape index (κ3) is 4.95. The van der Waals surface area contributed by atoms with Gasteiger partial charge in [0.2, 0.25) is 0 Å². The summed E-state index contributed by atoms with van der Waals surface area (Å²) >= 11 is 0. The van der Waals surface area contributed by atoms with Crippen molar-refractivity contribution in [1.82, 2.24) is 19.4 Å². The average Bonchev–Trinajstić information content (AvgIpc) is 3.19. The molecule has 7 heteroatoms. The molecule has 3 aromatic carbocycles. The zero-order valence-corrected chi connectivity index (χ0v) is 20.1. The number of benzene rings is 3. The van der Waals surface area contributed by atoms with Crippen LogP contribution in [0.25, 0.3) is 11.0 Å². The fourth-order valence-electron chi connectivity index (χ4n) is 4.45. The standard InChI is InChI=1S/C28H29N5O2/c1-20-8-10-21(11-9-20)27(34)29-23-12-13-25-24(18-23)30-26(31(25)2)19-32-14-16-33(17-15-32)28(35)22-6-4-3-5-7-22/h3-13,18H,14-17,19H2,1-2H3,(H,29,34). The molecule has 7 nitrogen and oxygen atoms in total. The van der Waals surface area contributed by atoms with E-state index in [1.54, 1.807) is 0 Å². The largest absolute Gasteiger partial charge is 0.336 e. The smallest absolute Gasteiger partial charge is 0.255 e. The molecule has 178 valence electrons. The van der Waals surface area contributed by atoms with Crippen molar-refractivity contribution in [1.29, 1.82) is 0 Å². The highest BCUT2D eigenvalue weighted by atomic mass is 16.2. The Kier molecular flexibility index (Phi) is 6.33. The Labute approximate surface area is 205 Å². The van der Waals surface area contributed by atoms with Crippen LogP contribution in [0.3, 0.4) is 0 Å². The van der Waals surface area contributed by atoms with Crippen molar-refractivity contribution < 1.29 is 9.59 Å². The van der Waals surface area contributed by atoms with Gasteiger partial charge in [-0.25, -0.2) is 4.98 Å². The Morgan fingerprint density at radius 2 is 1.60 bits per heavy atom. The maximum Gasteiger partial charge on any atom is 0.255 e. The maximum atomic E-state index is 12.7. The van der Waals surface area contributed by atoms with Crippen LogP contribution >= 0.6 is 0 Å². The van der Waals surface area contributed by atoms with E-state index in [2.05, 4.69) is 14.8 Å². The summed E-state index contributed by atoms with van der Waals surface area (Å²) in [5, 5.41) is 2.97. The van der Waals surface area contributed by atoms with Crippen molar-refractivity contribution >= 4 is 28.5 Å². The number of nitrogens with zero attached hydrogens (tertiary/aromatic N) is 4. The number of aryl methyl sites for hydroxylation is 2. The number of anilines is 1. The summed E-state index contributed by atoms with van der Waals surface area (Å²) in [6.07, 6.45) is 0. The lowest BCUT2D eigenvalue weighted by atomic mass is 10.1. The second kappa shape index (κ2) is 9.72. The SMILES string of the molecule is Cc1ccc(C(=O)Nc2ccc3c(c2)nc(CN2CCN(C(=O)c4ccccc4)CC2)n3C)cc1. The number of carbonyl (C=O) groups excluding carboxylic acids is 2. The number of hydrogen-bond donors (Lipinski definition) is 1. The molecule has 1 saturated heterocycles. The molecule has 0 atom stereocenters. The second-order valence-corrected chi connectivity index (χ2v) is 9.05. The quantitative estimate of drug-likeness (QED) is 0.480. The van der Waals surface area contributed by atoms with Crippen LogP contribution < -0.4 is 5.32 Å². The van der Waals surface area contributed by atoms with Gasteiger partial charge in [0.25, 0.3) is 11.8 Å². The number of rotatable bonds is 5. The van der Waals surface area contributed by atoms with Gasteiger partial charge in [0, 0.05) is 50.0 Å². The molecule has 1 aromatic heterocycles. The van der Waals surface area contributed by atoms with Crippen molar-refractivity contribution in [2.24, 2.45) is 7.05 Å². The van der Waals surface area contributed by atoms with Gasteiger partial charge in [-0.2, -0.15) is 0 Å². The summed E-state index contributed by atoms with van der Waals surface area (Å²) in [7, 11) is 2.02. The topological polar surface area (TPSA) is 70.5 Å². The molecule has 1 aliphatic rings. The summed E-state index contributed by atoms with van der Waals surface area (Å²) in [6.45, 7) is 5.72. The summed E-state index contributed by atoms with van der Waals surface area (Å²) in [5.74, 6) is 0.918. The van der Waals surface area contributed by atoms with Crippen LogP contribution in [0.15, 0.2) is 72.8 Å². The maximum absolute atomic E-state index is 12.7. The van der Waals surface area contributed by atoms with Crippen LogP contribution in [0.2, 0.25) is 0 Å². The van der Waals surface area contributed by atoms with Crippen molar-refractivity contribution in [3.8, 4) is 0 Å². The second-order valence-electron chi connectivity index (χ2n) is 9.05. The van der Waals surface area contributed by atoms with Crippen LogP contribution in [0, 0.1) is 6.92 Å². The normalized spacial score (nSPS) is 14.3. The van der Waals surface area contributed by atoms with E-state index in [4.69, 9.17) is 4.98 Å². The van der Waals surface area contributed by atoms with E-state index >= 15 is 0 Å². The summed E-state index contributed by atoms with van der Waals surface area (Å²) in [5.41, 5.74) is 5.08. The number of imidazole rings is 1. The number of amides is 2. The van der Waals surface area contributed by atoms with E-state index in [0.717, 1.165) is 46.8 Å². The molecule has 2 heterocycles. The lowest BCUT2D eigenvalue weighted by molar-refractivity contribution is 0.0624. The molecule has 35 heavy (non-hydrogen) atoms. The molecule has 1 fully saturated rings. The predicted molar refractivity (Wildman–Crippen MR) is 137 cm³/mol. The predicted octanol–water partition coefficient (Wildman–Crippen LogP) is 4.09. The highest BCUT2D eigenvalue weighted by Gasteiger charge is 2.23. The zero-order valence-electron chi connectivity index (χ0n) is 20.1. The summed E-state index contributed by atoms with van der Waals surface area (Å²) in [6, 6.07) is 22.8. The Hall–Kier alpha value is -3.97. The Morgan fingerprint density at radius 3 is 2.31 bits per heavy atom. The molecule has 0 radical (unpaired) electrons. The van der Waals surface area contributed by atoms with Gasteiger partial charge in [0.05, 0.1) is 17.6 Å². The highest BCUT2D eigenvalue weighted by molar-refractivity contribution is 6.05. The number of fused-ring (bicyclic) bond motifs is 1. The minimum absolute atomic E-state index is 0.0909. The molecule has 0 spiro atoms. The van der Waals surface area contributed by atoms with Crippen molar-refractivity contribution in [2.75, 3.05) is 31.5 Å². The monoisotopic (exact) mass is 467 g/mol. The fourth-order valence-corrected chi connectivity index (χ4v) is 4.45. The highest BCUT2D eigenvalue weighted by Crippen LogP contribution is 2.22. The molecule has 0 aliphatic carbocycles. The first kappa shape index (κ1) is 22.8. The number of nitrogens with one attached hydrogen (secondary N) is 1. The third-order valence-corrected chi connectivity index (χ3v) is 6.59. The first-order valence-electron chi connectivity index (χ1n) is 11.9. The first-order chi connectivity index (χ1) is 17.0. The van der Waals surface area contributed by atoms with Gasteiger partial charge in [-0.05, 0) is 49.4 Å². The van der Waals surface area contributed by atoms with E-state index in [1.807, 2.05) is 91.7 Å². The van der Waals surface area contributed by atoms with Crippen molar-refractivity contribution in [3.05, 3.63) is 95.3 Å². The Morgan fingerprint density at radius 1 is 0.886 bits per heavy atom. The van der Waals surface area contributed by atoms with Crippen molar-refractivity contribution in [3.63, 3.8) is 0 Å². The molecule has 4 aromatic rings. The van der Waals surface area contributed by atoms with Gasteiger partial charge in [0.1, 0.15) is 5.82 Å². The molecule has 0 saturated carbocycles. The van der Waals surface area contributed by atoms with Gasteiger partial charge < -0.3 is 14.8 Å².